The van der Waals surface area contributed by atoms with E-state index in [1.54, 1.807) is 18.2 Å². The highest BCUT2D eigenvalue weighted by Crippen LogP contribution is 2.39. The summed E-state index contributed by atoms with van der Waals surface area (Å²) in [5.41, 5.74) is 2.80. The van der Waals surface area contributed by atoms with Crippen molar-refractivity contribution in [2.45, 2.75) is 0 Å². The van der Waals surface area contributed by atoms with Crippen LogP contribution in [-0.2, 0) is 4.79 Å². The summed E-state index contributed by atoms with van der Waals surface area (Å²) in [6, 6.07) is 9.26. The van der Waals surface area contributed by atoms with Crippen LogP contribution in [0.4, 0.5) is 0 Å². The molecule has 0 spiro atoms. The summed E-state index contributed by atoms with van der Waals surface area (Å²) in [5.74, 6) is -0.710. The maximum Gasteiger partial charge on any atom is 0.343 e. The molecule has 2 N–H and O–H groups in total. The van der Waals surface area contributed by atoms with Crippen molar-refractivity contribution in [1.29, 1.82) is 0 Å². The Balaban J connectivity index is 1.74. The molecule has 11 nitrogen and oxygen atoms in total. The molecule has 0 saturated heterocycles. The van der Waals surface area contributed by atoms with Gasteiger partial charge in [0.15, 0.2) is 23.0 Å². The van der Waals surface area contributed by atoms with Crippen molar-refractivity contribution in [3.8, 4) is 23.0 Å². The number of rotatable bonds is 10. The second-order valence-corrected chi connectivity index (χ2v) is 8.83. The molecule has 2 amide bonds. The van der Waals surface area contributed by atoms with E-state index in [9.17, 15) is 14.4 Å². The van der Waals surface area contributed by atoms with Gasteiger partial charge in [-0.25, -0.2) is 10.2 Å². The van der Waals surface area contributed by atoms with Crippen molar-refractivity contribution >= 4 is 55.9 Å². The van der Waals surface area contributed by atoms with E-state index in [2.05, 4.69) is 47.7 Å². The van der Waals surface area contributed by atoms with Crippen LogP contribution in [0.25, 0.3) is 0 Å². The number of halogens is 2. The number of ether oxygens (including phenoxy) is 4. The van der Waals surface area contributed by atoms with Gasteiger partial charge in [0.05, 0.1) is 50.4 Å². The molecule has 1 heterocycles. The molecular formula is C24H21Br2N3O8. The number of methoxy groups -OCH3 is 3. The summed E-state index contributed by atoms with van der Waals surface area (Å²) in [6.07, 6.45) is 2.64. The molecule has 3 aromatic rings. The second-order valence-electron chi connectivity index (χ2n) is 7.06. The predicted molar refractivity (Wildman–Crippen MR) is 140 cm³/mol. The lowest BCUT2D eigenvalue weighted by Gasteiger charge is -2.15. The summed E-state index contributed by atoms with van der Waals surface area (Å²) in [7, 11) is 4.32. The van der Waals surface area contributed by atoms with Crippen LogP contribution in [-0.4, -0.2) is 51.9 Å². The third-order valence-electron chi connectivity index (χ3n) is 4.68. The SMILES string of the molecule is COc1cc(C(=O)Oc2c(Br)cc(Br)cc2/C=N/NC(=O)CNC(=O)c2ccco2)cc(OC)c1OC. The van der Waals surface area contributed by atoms with Crippen molar-refractivity contribution in [2.24, 2.45) is 5.10 Å². The minimum absolute atomic E-state index is 0.0776. The smallest absolute Gasteiger partial charge is 0.343 e. The van der Waals surface area contributed by atoms with E-state index in [-0.39, 0.29) is 35.1 Å². The van der Waals surface area contributed by atoms with Gasteiger partial charge in [-0.2, -0.15) is 5.10 Å². The Morgan fingerprint density at radius 1 is 1.00 bits per heavy atom. The first-order valence-corrected chi connectivity index (χ1v) is 12.0. The van der Waals surface area contributed by atoms with Gasteiger partial charge in [0.1, 0.15) is 0 Å². The summed E-state index contributed by atoms with van der Waals surface area (Å²) in [6.45, 7) is -0.331. The first-order chi connectivity index (χ1) is 17.8. The molecule has 0 atom stereocenters. The Morgan fingerprint density at radius 2 is 1.70 bits per heavy atom. The van der Waals surface area contributed by atoms with E-state index in [1.807, 2.05) is 0 Å². The van der Waals surface area contributed by atoms with Crippen molar-refractivity contribution in [3.63, 3.8) is 0 Å². The zero-order valence-electron chi connectivity index (χ0n) is 19.8. The first kappa shape index (κ1) is 27.7. The standard InChI is InChI=1S/C24H21Br2N3O8/c1-33-18-8-13(9-19(34-2)22(18)35-3)24(32)37-21-14(7-15(25)10-16(21)26)11-28-29-20(30)12-27-23(31)17-5-4-6-36-17/h4-11H,12H2,1-3H3,(H,27,31)(H,29,30)/b28-11+. The molecule has 13 heteroatoms. The molecule has 0 radical (unpaired) electrons. The van der Waals surface area contributed by atoms with Gasteiger partial charge in [-0.15, -0.1) is 0 Å². The minimum Gasteiger partial charge on any atom is -0.493 e. The van der Waals surface area contributed by atoms with Crippen molar-refractivity contribution in [1.82, 2.24) is 10.7 Å². The molecule has 0 fully saturated rings. The summed E-state index contributed by atoms with van der Waals surface area (Å²) in [4.78, 5) is 36.9. The van der Waals surface area contributed by atoms with Crippen molar-refractivity contribution in [2.75, 3.05) is 27.9 Å². The van der Waals surface area contributed by atoms with E-state index in [0.717, 1.165) is 0 Å². The first-order valence-electron chi connectivity index (χ1n) is 10.4. The van der Waals surface area contributed by atoms with Gasteiger partial charge in [-0.3, -0.25) is 9.59 Å². The zero-order valence-corrected chi connectivity index (χ0v) is 23.0. The van der Waals surface area contributed by atoms with Crippen LogP contribution in [0.1, 0.15) is 26.5 Å². The van der Waals surface area contributed by atoms with Crippen LogP contribution >= 0.6 is 31.9 Å². The molecule has 1 aromatic heterocycles. The molecule has 2 aromatic carbocycles. The van der Waals surface area contributed by atoms with Gasteiger partial charge in [0, 0.05) is 10.0 Å². The summed E-state index contributed by atoms with van der Waals surface area (Å²) >= 11 is 6.75. The second kappa shape index (κ2) is 12.9. The number of esters is 1. The van der Waals surface area contributed by atoms with Crippen LogP contribution in [0.3, 0.4) is 0 Å². The molecule has 3 rings (SSSR count). The number of carbonyl (C=O) groups excluding carboxylic acids is 3. The fraction of sp³-hybridized carbons (Fsp3) is 0.167. The fourth-order valence-corrected chi connectivity index (χ4v) is 4.34. The molecule has 0 saturated carbocycles. The quantitative estimate of drug-likeness (QED) is 0.147. The Labute approximate surface area is 228 Å². The monoisotopic (exact) mass is 637 g/mol. The van der Waals surface area contributed by atoms with E-state index in [4.69, 9.17) is 23.4 Å². The van der Waals surface area contributed by atoms with Gasteiger partial charge < -0.3 is 28.7 Å². The maximum absolute atomic E-state index is 13.0. The van der Waals surface area contributed by atoms with Gasteiger partial charge >= 0.3 is 5.97 Å². The Bertz CT molecular complexity index is 1300. The number of hydrogen-bond acceptors (Lipinski definition) is 9. The zero-order chi connectivity index (χ0) is 26.9. The van der Waals surface area contributed by atoms with E-state index in [0.29, 0.717) is 20.3 Å². The summed E-state index contributed by atoms with van der Waals surface area (Å²) < 4.78 is 27.6. The predicted octanol–water partition coefficient (Wildman–Crippen LogP) is 3.93. The number of amides is 2. The van der Waals surface area contributed by atoms with E-state index >= 15 is 0 Å². The van der Waals surface area contributed by atoms with Crippen LogP contribution < -0.4 is 29.7 Å². The number of hydrazone groups is 1. The van der Waals surface area contributed by atoms with Gasteiger partial charge in [-0.05, 0) is 52.3 Å². The van der Waals surface area contributed by atoms with Crippen molar-refractivity contribution in [3.05, 3.63) is 68.5 Å². The molecule has 0 aliphatic rings. The highest BCUT2D eigenvalue weighted by Gasteiger charge is 2.20. The number of nitrogens with zero attached hydrogens (tertiary/aromatic N) is 1. The topological polar surface area (TPSA) is 138 Å². The Hall–Kier alpha value is -3.84. The van der Waals surface area contributed by atoms with Gasteiger partial charge in [0.25, 0.3) is 11.8 Å². The third kappa shape index (κ3) is 7.11. The lowest BCUT2D eigenvalue weighted by Crippen LogP contribution is -2.34. The van der Waals surface area contributed by atoms with E-state index in [1.165, 1.54) is 52.0 Å². The van der Waals surface area contributed by atoms with Crippen molar-refractivity contribution < 1.29 is 37.7 Å². The molecule has 194 valence electrons. The molecule has 0 aliphatic heterocycles. The number of benzene rings is 2. The van der Waals surface area contributed by atoms with E-state index < -0.39 is 17.8 Å². The van der Waals surface area contributed by atoms with Crippen LogP contribution in [0, 0.1) is 0 Å². The number of furan rings is 1. The van der Waals surface area contributed by atoms with Gasteiger partial charge in [0.2, 0.25) is 5.75 Å². The Morgan fingerprint density at radius 3 is 2.30 bits per heavy atom. The maximum atomic E-state index is 13.0. The molecular weight excluding hydrogens is 618 g/mol. The average Bonchev–Trinajstić information content (AvgIpc) is 3.43. The Kier molecular flexibility index (Phi) is 9.69. The highest BCUT2D eigenvalue weighted by atomic mass is 79.9. The minimum atomic E-state index is -0.707. The number of carbonyl (C=O) groups is 3. The fourth-order valence-electron chi connectivity index (χ4n) is 3.00. The van der Waals surface area contributed by atoms with Gasteiger partial charge in [-0.1, -0.05) is 15.9 Å². The molecule has 0 bridgehead atoms. The highest BCUT2D eigenvalue weighted by molar-refractivity contribution is 9.11. The largest absolute Gasteiger partial charge is 0.493 e. The average molecular weight is 639 g/mol. The molecule has 37 heavy (non-hydrogen) atoms. The third-order valence-corrected chi connectivity index (χ3v) is 5.73. The number of hydrogen-bond donors (Lipinski definition) is 2. The van der Waals surface area contributed by atoms with Crippen LogP contribution in [0.15, 0.2) is 61.1 Å². The molecule has 0 unspecified atom stereocenters. The number of nitrogens with one attached hydrogen (secondary N) is 2. The lowest BCUT2D eigenvalue weighted by molar-refractivity contribution is -0.120. The van der Waals surface area contributed by atoms with Crippen LogP contribution in [0.5, 0.6) is 23.0 Å². The summed E-state index contributed by atoms with van der Waals surface area (Å²) in [5, 5.41) is 6.30. The van der Waals surface area contributed by atoms with Crippen LogP contribution in [0.2, 0.25) is 0 Å². The lowest BCUT2D eigenvalue weighted by atomic mass is 10.1. The normalized spacial score (nSPS) is 10.6. The molecule has 0 aliphatic carbocycles.